The SMILES string of the molecule is CCNC(=NCc1cccnc1N1CCOCC1)N1CCN(c2cccc(OC)c2)CC1.I. The normalized spacial score (nSPS) is 16.9. The summed E-state index contributed by atoms with van der Waals surface area (Å²) in [4.78, 5) is 16.7. The van der Waals surface area contributed by atoms with E-state index in [0.717, 1.165) is 82.1 Å². The highest BCUT2D eigenvalue weighted by molar-refractivity contribution is 14.0. The number of pyridine rings is 1. The topological polar surface area (TPSA) is 65.5 Å². The van der Waals surface area contributed by atoms with Crippen LogP contribution in [0.15, 0.2) is 47.6 Å². The number of nitrogens with one attached hydrogen (secondary N) is 1. The van der Waals surface area contributed by atoms with Crippen molar-refractivity contribution in [1.82, 2.24) is 15.2 Å². The molecule has 0 radical (unpaired) electrons. The molecule has 0 saturated carbocycles. The van der Waals surface area contributed by atoms with Gasteiger partial charge in [-0.15, -0.1) is 24.0 Å². The second-order valence-electron chi connectivity index (χ2n) is 7.93. The van der Waals surface area contributed by atoms with E-state index in [1.165, 1.54) is 5.69 Å². The van der Waals surface area contributed by atoms with Gasteiger partial charge in [-0.3, -0.25) is 0 Å². The summed E-state index contributed by atoms with van der Waals surface area (Å²) in [6.07, 6.45) is 1.86. The molecule has 2 fully saturated rings. The molecule has 8 nitrogen and oxygen atoms in total. The lowest BCUT2D eigenvalue weighted by Gasteiger charge is -2.37. The fourth-order valence-electron chi connectivity index (χ4n) is 4.18. The summed E-state index contributed by atoms with van der Waals surface area (Å²) in [7, 11) is 1.71. The van der Waals surface area contributed by atoms with Gasteiger partial charge in [0.25, 0.3) is 0 Å². The molecule has 0 amide bonds. The zero-order valence-corrected chi connectivity index (χ0v) is 21.9. The Morgan fingerprint density at radius 3 is 2.58 bits per heavy atom. The van der Waals surface area contributed by atoms with E-state index >= 15 is 0 Å². The summed E-state index contributed by atoms with van der Waals surface area (Å²) < 4.78 is 10.9. The van der Waals surface area contributed by atoms with Crippen LogP contribution in [0.2, 0.25) is 0 Å². The number of ether oxygens (including phenoxy) is 2. The largest absolute Gasteiger partial charge is 0.497 e. The average molecular weight is 566 g/mol. The molecule has 0 unspecified atom stereocenters. The van der Waals surface area contributed by atoms with Crippen molar-refractivity contribution in [2.75, 3.05) is 75.9 Å². The maximum atomic E-state index is 5.50. The second-order valence-corrected chi connectivity index (χ2v) is 7.93. The zero-order chi connectivity index (χ0) is 22.2. The van der Waals surface area contributed by atoms with Gasteiger partial charge >= 0.3 is 0 Å². The van der Waals surface area contributed by atoms with Gasteiger partial charge in [-0.25, -0.2) is 9.98 Å². The Morgan fingerprint density at radius 2 is 1.85 bits per heavy atom. The molecule has 9 heteroatoms. The molecule has 2 aliphatic heterocycles. The third-order valence-electron chi connectivity index (χ3n) is 5.91. The quantitative estimate of drug-likeness (QED) is 0.328. The zero-order valence-electron chi connectivity index (χ0n) is 19.6. The first-order valence-corrected chi connectivity index (χ1v) is 11.5. The van der Waals surface area contributed by atoms with Crippen molar-refractivity contribution < 1.29 is 9.47 Å². The number of guanidine groups is 1. The maximum absolute atomic E-state index is 5.50. The highest BCUT2D eigenvalue weighted by Gasteiger charge is 2.21. The first-order valence-electron chi connectivity index (χ1n) is 11.5. The van der Waals surface area contributed by atoms with Crippen molar-refractivity contribution in [3.05, 3.63) is 48.2 Å². The van der Waals surface area contributed by atoms with Gasteiger partial charge in [-0.2, -0.15) is 0 Å². The van der Waals surface area contributed by atoms with Crippen LogP contribution in [0.4, 0.5) is 11.5 Å². The summed E-state index contributed by atoms with van der Waals surface area (Å²) in [6, 6.07) is 12.4. The van der Waals surface area contributed by atoms with Gasteiger partial charge in [0.1, 0.15) is 11.6 Å². The molecule has 2 aromatic rings. The van der Waals surface area contributed by atoms with Crippen molar-refractivity contribution in [3.63, 3.8) is 0 Å². The van der Waals surface area contributed by atoms with Crippen LogP contribution >= 0.6 is 24.0 Å². The number of hydrogen-bond donors (Lipinski definition) is 1. The molecule has 0 spiro atoms. The first kappa shape index (κ1) is 25.4. The summed E-state index contributed by atoms with van der Waals surface area (Å²) in [6.45, 7) is 10.6. The second kappa shape index (κ2) is 12.8. The molecule has 1 N–H and O–H groups in total. The molecule has 1 aromatic carbocycles. The van der Waals surface area contributed by atoms with Crippen LogP contribution in [0, 0.1) is 0 Å². The first-order chi connectivity index (χ1) is 15.8. The molecule has 1 aromatic heterocycles. The molecule has 2 saturated heterocycles. The van der Waals surface area contributed by atoms with Gasteiger partial charge in [-0.05, 0) is 25.1 Å². The van der Waals surface area contributed by atoms with E-state index in [4.69, 9.17) is 14.5 Å². The highest BCUT2D eigenvalue weighted by Crippen LogP contribution is 2.23. The van der Waals surface area contributed by atoms with Gasteiger partial charge in [0.05, 0.1) is 26.9 Å². The fraction of sp³-hybridized carbons (Fsp3) is 0.500. The number of piperazine rings is 1. The lowest BCUT2D eigenvalue weighted by atomic mass is 10.2. The number of morpholine rings is 1. The van der Waals surface area contributed by atoms with E-state index in [-0.39, 0.29) is 24.0 Å². The number of hydrogen-bond acceptors (Lipinski definition) is 6. The van der Waals surface area contributed by atoms with Gasteiger partial charge in [0.2, 0.25) is 0 Å². The summed E-state index contributed by atoms with van der Waals surface area (Å²) in [5.41, 5.74) is 2.36. The molecule has 2 aliphatic rings. The standard InChI is InChI=1S/C24H34N6O2.HI/c1-3-25-24(27-19-20-6-5-9-26-23(20)29-14-16-32-17-15-29)30-12-10-28(11-13-30)21-7-4-8-22(18-21)31-2;/h4-9,18H,3,10-17,19H2,1-2H3,(H,25,27);1H. The van der Waals surface area contributed by atoms with E-state index in [1.807, 2.05) is 24.4 Å². The van der Waals surface area contributed by atoms with Crippen LogP contribution in [0.1, 0.15) is 12.5 Å². The van der Waals surface area contributed by atoms with Crippen LogP contribution in [-0.2, 0) is 11.3 Å². The highest BCUT2D eigenvalue weighted by atomic mass is 127. The lowest BCUT2D eigenvalue weighted by molar-refractivity contribution is 0.122. The Morgan fingerprint density at radius 1 is 1.06 bits per heavy atom. The Balaban J connectivity index is 0.00000306. The van der Waals surface area contributed by atoms with Gasteiger partial charge in [0, 0.05) is 69.3 Å². The third kappa shape index (κ3) is 6.63. The van der Waals surface area contributed by atoms with Gasteiger partial charge in [-0.1, -0.05) is 12.1 Å². The summed E-state index contributed by atoms with van der Waals surface area (Å²) in [5, 5.41) is 3.48. The van der Waals surface area contributed by atoms with E-state index in [1.54, 1.807) is 7.11 Å². The number of rotatable bonds is 6. The average Bonchev–Trinajstić information content (AvgIpc) is 2.87. The van der Waals surface area contributed by atoms with Crippen LogP contribution in [0.3, 0.4) is 0 Å². The molecule has 4 rings (SSSR count). The summed E-state index contributed by atoms with van der Waals surface area (Å²) in [5.74, 6) is 2.89. The number of anilines is 2. The Labute approximate surface area is 214 Å². The number of aromatic nitrogens is 1. The number of methoxy groups -OCH3 is 1. The van der Waals surface area contributed by atoms with E-state index in [0.29, 0.717) is 6.54 Å². The minimum Gasteiger partial charge on any atom is -0.497 e. The van der Waals surface area contributed by atoms with Crippen molar-refractivity contribution in [3.8, 4) is 5.75 Å². The molecular formula is C24H35IN6O2. The van der Waals surface area contributed by atoms with Crippen LogP contribution in [-0.4, -0.2) is 82.0 Å². The van der Waals surface area contributed by atoms with Crippen molar-refractivity contribution >= 4 is 41.4 Å². The Kier molecular flexibility index (Phi) is 9.86. The lowest BCUT2D eigenvalue weighted by Crippen LogP contribution is -2.52. The Hall–Kier alpha value is -2.27. The van der Waals surface area contributed by atoms with Gasteiger partial charge < -0.3 is 29.5 Å². The number of nitrogens with zero attached hydrogens (tertiary/aromatic N) is 5. The van der Waals surface area contributed by atoms with Crippen LogP contribution in [0.5, 0.6) is 5.75 Å². The molecule has 0 bridgehead atoms. The molecule has 0 atom stereocenters. The van der Waals surface area contributed by atoms with Crippen molar-refractivity contribution in [2.45, 2.75) is 13.5 Å². The molecule has 3 heterocycles. The van der Waals surface area contributed by atoms with Crippen molar-refractivity contribution in [1.29, 1.82) is 0 Å². The summed E-state index contributed by atoms with van der Waals surface area (Å²) >= 11 is 0. The van der Waals surface area contributed by atoms with Crippen LogP contribution < -0.4 is 19.9 Å². The van der Waals surface area contributed by atoms with Crippen LogP contribution in [0.25, 0.3) is 0 Å². The molecule has 180 valence electrons. The smallest absolute Gasteiger partial charge is 0.194 e. The predicted molar refractivity (Wildman–Crippen MR) is 144 cm³/mol. The third-order valence-corrected chi connectivity index (χ3v) is 5.91. The number of benzene rings is 1. The monoisotopic (exact) mass is 566 g/mol. The van der Waals surface area contributed by atoms with E-state index in [2.05, 4.69) is 50.1 Å². The van der Waals surface area contributed by atoms with E-state index < -0.39 is 0 Å². The maximum Gasteiger partial charge on any atom is 0.194 e. The van der Waals surface area contributed by atoms with E-state index in [9.17, 15) is 0 Å². The fourth-order valence-corrected chi connectivity index (χ4v) is 4.18. The molecule has 33 heavy (non-hydrogen) atoms. The number of halogens is 1. The number of aliphatic imine (C=N–C) groups is 1. The molecule has 0 aliphatic carbocycles. The Bertz CT molecular complexity index is 898. The minimum absolute atomic E-state index is 0. The minimum atomic E-state index is 0. The van der Waals surface area contributed by atoms with Crippen molar-refractivity contribution in [2.24, 2.45) is 4.99 Å². The molecular weight excluding hydrogens is 531 g/mol. The van der Waals surface area contributed by atoms with Gasteiger partial charge in [0.15, 0.2) is 5.96 Å². The predicted octanol–water partition coefficient (Wildman–Crippen LogP) is 2.83.